The van der Waals surface area contributed by atoms with Gasteiger partial charge < -0.3 is 15.8 Å². The Morgan fingerprint density at radius 1 is 1.64 bits per heavy atom. The number of hydrogen-bond acceptors (Lipinski definition) is 7. The van der Waals surface area contributed by atoms with Gasteiger partial charge >= 0.3 is 0 Å². The number of anilines is 1. The normalized spacial score (nSPS) is 19.3. The van der Waals surface area contributed by atoms with Crippen LogP contribution in [0.4, 0.5) is 5.13 Å². The predicted molar refractivity (Wildman–Crippen MR) is 83.6 cm³/mol. The maximum absolute atomic E-state index is 12.0. The number of nitrogens with one attached hydrogen (secondary N) is 1. The summed E-state index contributed by atoms with van der Waals surface area (Å²) < 4.78 is 5.67. The number of hydrogen-bond donors (Lipinski definition) is 2. The minimum atomic E-state index is -0.363. The Morgan fingerprint density at radius 2 is 2.45 bits per heavy atom. The third kappa shape index (κ3) is 5.68. The third-order valence-electron chi connectivity index (χ3n) is 3.21. The largest absolute Gasteiger partial charge is 0.374 e. The molecule has 0 aliphatic carbocycles. The molecular formula is C13H21N5O3S. The molecule has 2 amide bonds. The number of aromatic nitrogens is 1. The van der Waals surface area contributed by atoms with E-state index in [0.717, 1.165) is 0 Å². The number of rotatable bonds is 7. The summed E-state index contributed by atoms with van der Waals surface area (Å²) in [7, 11) is 1.82. The molecule has 1 atom stereocenters. The molecule has 0 aromatic carbocycles. The first-order valence-electron chi connectivity index (χ1n) is 7.03. The molecule has 1 aromatic heterocycles. The van der Waals surface area contributed by atoms with Crippen molar-refractivity contribution in [3.05, 3.63) is 11.6 Å². The van der Waals surface area contributed by atoms with E-state index in [9.17, 15) is 9.59 Å². The zero-order chi connectivity index (χ0) is 15.9. The fourth-order valence-corrected chi connectivity index (χ4v) is 2.90. The zero-order valence-corrected chi connectivity index (χ0v) is 13.3. The molecule has 0 unspecified atom stereocenters. The topological polar surface area (TPSA) is 101 Å². The second-order valence-electron chi connectivity index (χ2n) is 5.28. The lowest BCUT2D eigenvalue weighted by molar-refractivity contribution is -0.120. The van der Waals surface area contributed by atoms with E-state index in [1.807, 2.05) is 22.2 Å². The van der Waals surface area contributed by atoms with Gasteiger partial charge in [-0.25, -0.2) is 4.98 Å². The molecule has 9 heteroatoms. The summed E-state index contributed by atoms with van der Waals surface area (Å²) in [6.45, 7) is 3.03. The van der Waals surface area contributed by atoms with Gasteiger partial charge in [-0.05, 0) is 7.05 Å². The molecule has 8 nitrogen and oxygen atoms in total. The molecule has 1 fully saturated rings. The van der Waals surface area contributed by atoms with E-state index in [-0.39, 0.29) is 24.5 Å². The van der Waals surface area contributed by atoms with Crippen LogP contribution in [0, 0.1) is 0 Å². The van der Waals surface area contributed by atoms with Gasteiger partial charge in [-0.3, -0.25) is 19.4 Å². The Labute approximate surface area is 133 Å². The number of nitrogens with two attached hydrogens (primary N) is 1. The number of amides is 2. The first-order chi connectivity index (χ1) is 10.5. The minimum absolute atomic E-state index is 0.0363. The van der Waals surface area contributed by atoms with Crippen LogP contribution < -0.4 is 11.1 Å². The molecule has 0 saturated carbocycles. The summed E-state index contributed by atoms with van der Waals surface area (Å²) in [6.07, 6.45) is 1.62. The van der Waals surface area contributed by atoms with Crippen molar-refractivity contribution < 1.29 is 14.3 Å². The number of thiazole rings is 1. The van der Waals surface area contributed by atoms with Crippen LogP contribution in [0.3, 0.4) is 0 Å². The number of ether oxygens (including phenoxy) is 1. The van der Waals surface area contributed by atoms with Crippen LogP contribution in [0.1, 0.15) is 0 Å². The molecule has 1 aromatic rings. The second kappa shape index (κ2) is 8.18. The van der Waals surface area contributed by atoms with E-state index in [4.69, 9.17) is 10.5 Å². The van der Waals surface area contributed by atoms with E-state index in [1.165, 1.54) is 11.3 Å². The van der Waals surface area contributed by atoms with Crippen LogP contribution in [0.2, 0.25) is 0 Å². The van der Waals surface area contributed by atoms with Gasteiger partial charge in [0, 0.05) is 31.2 Å². The Morgan fingerprint density at radius 3 is 3.14 bits per heavy atom. The standard InChI is InChI=1S/C13H21N5O3S/c1-17(8-11(14)19)6-10-7-18(3-4-21-10)9-12(20)16-13-15-2-5-22-13/h2,5,10H,3-4,6-9H2,1H3,(H2,14,19)(H,15,16,20)/t10-/m1/s1. The number of nitrogens with zero attached hydrogens (tertiary/aromatic N) is 3. The fourth-order valence-electron chi connectivity index (χ4n) is 2.36. The van der Waals surface area contributed by atoms with Crippen molar-refractivity contribution in [2.24, 2.45) is 5.73 Å². The molecule has 3 N–H and O–H groups in total. The maximum atomic E-state index is 12.0. The highest BCUT2D eigenvalue weighted by molar-refractivity contribution is 7.13. The van der Waals surface area contributed by atoms with E-state index in [1.54, 1.807) is 6.20 Å². The molecular weight excluding hydrogens is 306 g/mol. The summed E-state index contributed by atoms with van der Waals surface area (Å²) >= 11 is 1.39. The lowest BCUT2D eigenvalue weighted by Gasteiger charge is -2.34. The number of primary amides is 1. The number of morpholine rings is 1. The lowest BCUT2D eigenvalue weighted by Crippen LogP contribution is -2.49. The van der Waals surface area contributed by atoms with Crippen molar-refractivity contribution in [3.63, 3.8) is 0 Å². The van der Waals surface area contributed by atoms with Crippen LogP contribution >= 0.6 is 11.3 Å². The summed E-state index contributed by atoms with van der Waals surface area (Å²) in [5, 5.41) is 5.19. The van der Waals surface area contributed by atoms with Crippen molar-refractivity contribution in [2.45, 2.75) is 6.10 Å². The van der Waals surface area contributed by atoms with Gasteiger partial charge in [-0.15, -0.1) is 11.3 Å². The monoisotopic (exact) mass is 327 g/mol. The van der Waals surface area contributed by atoms with E-state index < -0.39 is 0 Å². The first-order valence-corrected chi connectivity index (χ1v) is 7.91. The average molecular weight is 327 g/mol. The highest BCUT2D eigenvalue weighted by Crippen LogP contribution is 2.11. The quantitative estimate of drug-likeness (QED) is 0.680. The molecule has 0 bridgehead atoms. The Hall–Kier alpha value is -1.55. The molecule has 0 spiro atoms. The van der Waals surface area contributed by atoms with Gasteiger partial charge in [0.05, 0.1) is 25.8 Å². The molecule has 122 valence electrons. The van der Waals surface area contributed by atoms with E-state index in [0.29, 0.717) is 37.9 Å². The summed E-state index contributed by atoms with van der Waals surface area (Å²) in [6, 6.07) is 0. The maximum Gasteiger partial charge on any atom is 0.240 e. The Balaban J connectivity index is 1.75. The summed E-state index contributed by atoms with van der Waals surface area (Å²) in [5.41, 5.74) is 5.17. The SMILES string of the molecule is CN(CC(N)=O)C[C@@H]1CN(CC(=O)Nc2nccs2)CCO1. The molecule has 22 heavy (non-hydrogen) atoms. The summed E-state index contributed by atoms with van der Waals surface area (Å²) in [5.74, 6) is -0.445. The molecule has 1 saturated heterocycles. The number of carbonyl (C=O) groups is 2. The smallest absolute Gasteiger partial charge is 0.240 e. The third-order valence-corrected chi connectivity index (χ3v) is 3.90. The summed E-state index contributed by atoms with van der Waals surface area (Å²) in [4.78, 5) is 30.7. The van der Waals surface area contributed by atoms with Crippen LogP contribution in [0.5, 0.6) is 0 Å². The van der Waals surface area contributed by atoms with Gasteiger partial charge in [-0.1, -0.05) is 0 Å². The Kier molecular flexibility index (Phi) is 6.25. The predicted octanol–water partition coefficient (Wildman–Crippen LogP) is -0.800. The second-order valence-corrected chi connectivity index (χ2v) is 6.17. The van der Waals surface area contributed by atoms with Crippen LogP contribution in [0.25, 0.3) is 0 Å². The average Bonchev–Trinajstić information content (AvgIpc) is 2.90. The van der Waals surface area contributed by atoms with Crippen LogP contribution in [-0.4, -0.2) is 79.1 Å². The minimum Gasteiger partial charge on any atom is -0.374 e. The van der Waals surface area contributed by atoms with Crippen molar-refractivity contribution in [1.29, 1.82) is 0 Å². The van der Waals surface area contributed by atoms with Crippen LogP contribution in [0.15, 0.2) is 11.6 Å². The van der Waals surface area contributed by atoms with Gasteiger partial charge in [-0.2, -0.15) is 0 Å². The zero-order valence-electron chi connectivity index (χ0n) is 12.5. The molecule has 0 radical (unpaired) electrons. The molecule has 2 heterocycles. The van der Waals surface area contributed by atoms with Gasteiger partial charge in [0.2, 0.25) is 11.8 Å². The molecule has 2 rings (SSSR count). The molecule has 1 aliphatic rings. The lowest BCUT2D eigenvalue weighted by atomic mass is 10.2. The van der Waals surface area contributed by atoms with Gasteiger partial charge in [0.25, 0.3) is 0 Å². The van der Waals surface area contributed by atoms with Crippen LogP contribution in [-0.2, 0) is 14.3 Å². The highest BCUT2D eigenvalue weighted by Gasteiger charge is 2.23. The van der Waals surface area contributed by atoms with Crippen molar-refractivity contribution in [2.75, 3.05) is 51.7 Å². The van der Waals surface area contributed by atoms with E-state index >= 15 is 0 Å². The first kappa shape index (κ1) is 16.8. The molecule has 1 aliphatic heterocycles. The van der Waals surface area contributed by atoms with Crippen molar-refractivity contribution >= 4 is 28.3 Å². The van der Waals surface area contributed by atoms with Gasteiger partial charge in [0.1, 0.15) is 0 Å². The highest BCUT2D eigenvalue weighted by atomic mass is 32.1. The van der Waals surface area contributed by atoms with Crippen molar-refractivity contribution in [1.82, 2.24) is 14.8 Å². The van der Waals surface area contributed by atoms with Gasteiger partial charge in [0.15, 0.2) is 5.13 Å². The Bertz CT molecular complexity index is 496. The van der Waals surface area contributed by atoms with Crippen molar-refractivity contribution in [3.8, 4) is 0 Å². The van der Waals surface area contributed by atoms with E-state index in [2.05, 4.69) is 10.3 Å². The number of carbonyl (C=O) groups excluding carboxylic acids is 2. The number of likely N-dealkylation sites (N-methyl/N-ethyl adjacent to an activating group) is 1. The fraction of sp³-hybridized carbons (Fsp3) is 0.615.